The van der Waals surface area contributed by atoms with Gasteiger partial charge in [0, 0.05) is 6.04 Å². The van der Waals surface area contributed by atoms with Crippen molar-refractivity contribution in [3.8, 4) is 0 Å². The quantitative estimate of drug-likeness (QED) is 0.748. The first-order valence-electron chi connectivity index (χ1n) is 7.23. The van der Waals surface area contributed by atoms with Crippen molar-refractivity contribution < 1.29 is 4.79 Å². The van der Waals surface area contributed by atoms with Crippen LogP contribution in [-0.2, 0) is 4.79 Å². The molecule has 0 radical (unpaired) electrons. The zero-order chi connectivity index (χ0) is 14.2. The Morgan fingerprint density at radius 1 is 1.16 bits per heavy atom. The summed E-state index contributed by atoms with van der Waals surface area (Å²) in [6.45, 7) is 10.7. The lowest BCUT2D eigenvalue weighted by molar-refractivity contribution is -0.174. The highest BCUT2D eigenvalue weighted by molar-refractivity contribution is 5.89. The summed E-state index contributed by atoms with van der Waals surface area (Å²) in [6, 6.07) is 10.8. The van der Waals surface area contributed by atoms with Crippen LogP contribution in [-0.4, -0.2) is 16.8 Å². The van der Waals surface area contributed by atoms with Gasteiger partial charge in [0.05, 0.1) is 11.5 Å². The standard InChI is InChI=1S/C17H25NO/c1-12(2)11-15-17(4,5)16(19)18(15)13(3)14-9-7-6-8-10-14/h6-10,12-13,15H,11H2,1-5H3. The zero-order valence-corrected chi connectivity index (χ0v) is 12.7. The van der Waals surface area contributed by atoms with Crippen LogP contribution in [0.2, 0.25) is 0 Å². The highest BCUT2D eigenvalue weighted by Crippen LogP contribution is 2.46. The van der Waals surface area contributed by atoms with Gasteiger partial charge in [0.25, 0.3) is 0 Å². The molecule has 1 aliphatic heterocycles. The first-order valence-corrected chi connectivity index (χ1v) is 7.23. The van der Waals surface area contributed by atoms with Crippen LogP contribution in [0, 0.1) is 11.3 Å². The fourth-order valence-electron chi connectivity index (χ4n) is 3.09. The SMILES string of the molecule is CC(C)CC1N(C(C)c2ccccc2)C(=O)C1(C)C. The van der Waals surface area contributed by atoms with Crippen LogP contribution in [0.3, 0.4) is 0 Å². The predicted octanol–water partition coefficient (Wildman–Crippen LogP) is 4.03. The monoisotopic (exact) mass is 259 g/mol. The number of likely N-dealkylation sites (tertiary alicyclic amines) is 1. The number of β-lactam (4-membered cyclic amide) rings is 1. The molecule has 1 saturated heterocycles. The molecule has 2 unspecified atom stereocenters. The van der Waals surface area contributed by atoms with Gasteiger partial charge in [-0.2, -0.15) is 0 Å². The van der Waals surface area contributed by atoms with Gasteiger partial charge in [-0.25, -0.2) is 0 Å². The minimum atomic E-state index is -0.201. The lowest BCUT2D eigenvalue weighted by Crippen LogP contribution is -2.67. The van der Waals surface area contributed by atoms with Gasteiger partial charge in [-0.1, -0.05) is 44.2 Å². The Morgan fingerprint density at radius 2 is 1.74 bits per heavy atom. The fourth-order valence-corrected chi connectivity index (χ4v) is 3.09. The molecular weight excluding hydrogens is 234 g/mol. The molecule has 2 nitrogen and oxygen atoms in total. The third-order valence-electron chi connectivity index (χ3n) is 4.35. The lowest BCUT2D eigenvalue weighted by Gasteiger charge is -2.56. The number of carbonyl (C=O) groups is 1. The Labute approximate surface area is 116 Å². The van der Waals surface area contributed by atoms with E-state index in [0.29, 0.717) is 12.0 Å². The summed E-state index contributed by atoms with van der Waals surface area (Å²) in [6.07, 6.45) is 1.08. The van der Waals surface area contributed by atoms with E-state index in [0.717, 1.165) is 6.42 Å². The van der Waals surface area contributed by atoms with Crippen LogP contribution in [0.5, 0.6) is 0 Å². The second-order valence-electron chi connectivity index (χ2n) is 6.67. The maximum Gasteiger partial charge on any atom is 0.231 e. The van der Waals surface area contributed by atoms with E-state index in [2.05, 4.69) is 51.7 Å². The van der Waals surface area contributed by atoms with Crippen LogP contribution in [0.15, 0.2) is 30.3 Å². The summed E-state index contributed by atoms with van der Waals surface area (Å²) in [5.74, 6) is 0.900. The van der Waals surface area contributed by atoms with Gasteiger partial charge in [-0.05, 0) is 38.7 Å². The van der Waals surface area contributed by atoms with Crippen LogP contribution in [0.25, 0.3) is 0 Å². The summed E-state index contributed by atoms with van der Waals surface area (Å²) < 4.78 is 0. The molecule has 1 aromatic carbocycles. The molecule has 0 spiro atoms. The van der Waals surface area contributed by atoms with Crippen molar-refractivity contribution in [3.63, 3.8) is 0 Å². The first kappa shape index (κ1) is 14.1. The van der Waals surface area contributed by atoms with Crippen molar-refractivity contribution in [2.75, 3.05) is 0 Å². The van der Waals surface area contributed by atoms with Gasteiger partial charge in [0.2, 0.25) is 5.91 Å². The summed E-state index contributed by atoms with van der Waals surface area (Å²) in [7, 11) is 0. The van der Waals surface area contributed by atoms with Crippen LogP contribution < -0.4 is 0 Å². The molecule has 1 fully saturated rings. The van der Waals surface area contributed by atoms with Crippen molar-refractivity contribution in [2.45, 2.75) is 53.1 Å². The van der Waals surface area contributed by atoms with E-state index in [9.17, 15) is 4.79 Å². The number of amides is 1. The number of carbonyl (C=O) groups excluding carboxylic acids is 1. The van der Waals surface area contributed by atoms with E-state index in [1.807, 2.05) is 18.2 Å². The highest BCUT2D eigenvalue weighted by atomic mass is 16.2. The molecule has 0 bridgehead atoms. The number of rotatable bonds is 4. The molecule has 2 rings (SSSR count). The van der Waals surface area contributed by atoms with E-state index in [1.165, 1.54) is 5.56 Å². The second-order valence-corrected chi connectivity index (χ2v) is 6.67. The summed E-state index contributed by atoms with van der Waals surface area (Å²) >= 11 is 0. The molecule has 0 aromatic heterocycles. The third-order valence-corrected chi connectivity index (χ3v) is 4.35. The van der Waals surface area contributed by atoms with Gasteiger partial charge in [-0.15, -0.1) is 0 Å². The Morgan fingerprint density at radius 3 is 2.26 bits per heavy atom. The van der Waals surface area contributed by atoms with E-state index >= 15 is 0 Å². The molecule has 1 amide bonds. The van der Waals surface area contributed by atoms with Crippen molar-refractivity contribution in [1.82, 2.24) is 4.90 Å². The maximum absolute atomic E-state index is 12.4. The Bertz CT molecular complexity index is 450. The molecule has 104 valence electrons. The van der Waals surface area contributed by atoms with Gasteiger partial charge in [0.15, 0.2) is 0 Å². The minimum Gasteiger partial charge on any atom is -0.331 e. The molecule has 0 N–H and O–H groups in total. The van der Waals surface area contributed by atoms with E-state index < -0.39 is 0 Å². The molecule has 0 saturated carbocycles. The molecule has 1 heterocycles. The second kappa shape index (κ2) is 4.99. The summed E-state index contributed by atoms with van der Waals surface area (Å²) in [5, 5.41) is 0. The minimum absolute atomic E-state index is 0.172. The fraction of sp³-hybridized carbons (Fsp3) is 0.588. The van der Waals surface area contributed by atoms with Crippen molar-refractivity contribution in [3.05, 3.63) is 35.9 Å². The van der Waals surface area contributed by atoms with Crippen molar-refractivity contribution >= 4 is 5.91 Å². The average Bonchev–Trinajstić information content (AvgIpc) is 2.38. The number of nitrogens with zero attached hydrogens (tertiary/aromatic N) is 1. The van der Waals surface area contributed by atoms with Crippen molar-refractivity contribution in [1.29, 1.82) is 0 Å². The molecule has 2 heteroatoms. The summed E-state index contributed by atoms with van der Waals surface area (Å²) in [5.41, 5.74) is 1.02. The smallest absolute Gasteiger partial charge is 0.231 e. The molecule has 2 atom stereocenters. The molecular formula is C17H25NO. The normalized spacial score (nSPS) is 23.4. The topological polar surface area (TPSA) is 20.3 Å². The van der Waals surface area contributed by atoms with Crippen LogP contribution in [0.4, 0.5) is 0 Å². The van der Waals surface area contributed by atoms with Crippen LogP contribution in [0.1, 0.15) is 52.6 Å². The average molecular weight is 259 g/mol. The van der Waals surface area contributed by atoms with E-state index in [4.69, 9.17) is 0 Å². The molecule has 1 aliphatic rings. The maximum atomic E-state index is 12.4. The van der Waals surface area contributed by atoms with E-state index in [1.54, 1.807) is 0 Å². The first-order chi connectivity index (χ1) is 8.85. The van der Waals surface area contributed by atoms with Gasteiger partial charge >= 0.3 is 0 Å². The lowest BCUT2D eigenvalue weighted by atomic mass is 9.69. The number of hydrogen-bond acceptors (Lipinski definition) is 1. The predicted molar refractivity (Wildman–Crippen MR) is 78.7 cm³/mol. The zero-order valence-electron chi connectivity index (χ0n) is 12.7. The molecule has 19 heavy (non-hydrogen) atoms. The summed E-state index contributed by atoms with van der Waals surface area (Å²) in [4.78, 5) is 14.5. The van der Waals surface area contributed by atoms with Gasteiger partial charge < -0.3 is 4.90 Å². The number of benzene rings is 1. The largest absolute Gasteiger partial charge is 0.331 e. The molecule has 0 aliphatic carbocycles. The van der Waals surface area contributed by atoms with Gasteiger partial charge in [-0.3, -0.25) is 4.79 Å². The van der Waals surface area contributed by atoms with Crippen molar-refractivity contribution in [2.24, 2.45) is 11.3 Å². The van der Waals surface area contributed by atoms with E-state index in [-0.39, 0.29) is 17.4 Å². The van der Waals surface area contributed by atoms with Gasteiger partial charge in [0.1, 0.15) is 0 Å². The molecule has 1 aromatic rings. The Balaban J connectivity index is 2.21. The highest BCUT2D eigenvalue weighted by Gasteiger charge is 2.55. The Hall–Kier alpha value is -1.31. The number of hydrogen-bond donors (Lipinski definition) is 0. The third kappa shape index (κ3) is 2.41. The van der Waals surface area contributed by atoms with Crippen LogP contribution >= 0.6 is 0 Å². The Kier molecular flexibility index (Phi) is 3.71.